The summed E-state index contributed by atoms with van der Waals surface area (Å²) in [5.74, 6) is 1.96. The summed E-state index contributed by atoms with van der Waals surface area (Å²) in [6.45, 7) is 7.85. The molecule has 0 aliphatic heterocycles. The largest absolute Gasteiger partial charge is 0.314 e. The Labute approximate surface area is 104 Å². The molecule has 0 heterocycles. The molecular weight excluding hydrogens is 214 g/mol. The SMILES string of the molecule is CCNC(C)C(C)CCSc1ccccc1. The Bertz CT molecular complexity index is 273. The molecule has 90 valence electrons. The Morgan fingerprint density at radius 2 is 1.88 bits per heavy atom. The molecule has 1 aromatic carbocycles. The maximum Gasteiger partial charge on any atom is 0.00719 e. The Morgan fingerprint density at radius 3 is 2.50 bits per heavy atom. The van der Waals surface area contributed by atoms with Gasteiger partial charge < -0.3 is 5.32 Å². The molecule has 0 saturated heterocycles. The van der Waals surface area contributed by atoms with E-state index in [4.69, 9.17) is 0 Å². The molecule has 0 aliphatic rings. The zero-order valence-corrected chi connectivity index (χ0v) is 11.4. The van der Waals surface area contributed by atoms with E-state index in [2.05, 4.69) is 56.4 Å². The molecule has 2 atom stereocenters. The first kappa shape index (κ1) is 13.6. The maximum atomic E-state index is 3.48. The van der Waals surface area contributed by atoms with Crippen LogP contribution in [0.2, 0.25) is 0 Å². The summed E-state index contributed by atoms with van der Waals surface area (Å²) in [4.78, 5) is 1.38. The predicted octanol–water partition coefficient (Wildman–Crippen LogP) is 3.80. The van der Waals surface area contributed by atoms with Gasteiger partial charge in [0.15, 0.2) is 0 Å². The van der Waals surface area contributed by atoms with Gasteiger partial charge in [0.05, 0.1) is 0 Å². The molecule has 16 heavy (non-hydrogen) atoms. The van der Waals surface area contributed by atoms with Gasteiger partial charge in [-0.25, -0.2) is 0 Å². The molecule has 0 bridgehead atoms. The van der Waals surface area contributed by atoms with E-state index in [1.807, 2.05) is 11.8 Å². The van der Waals surface area contributed by atoms with Gasteiger partial charge in [-0.2, -0.15) is 0 Å². The third-order valence-corrected chi connectivity index (χ3v) is 4.01. The molecule has 0 fully saturated rings. The molecule has 1 N–H and O–H groups in total. The van der Waals surface area contributed by atoms with Gasteiger partial charge >= 0.3 is 0 Å². The van der Waals surface area contributed by atoms with Crippen molar-refractivity contribution < 1.29 is 0 Å². The molecule has 1 nitrogen and oxygen atoms in total. The van der Waals surface area contributed by atoms with Crippen LogP contribution in [0.3, 0.4) is 0 Å². The van der Waals surface area contributed by atoms with Crippen molar-refractivity contribution in [1.82, 2.24) is 5.32 Å². The highest BCUT2D eigenvalue weighted by atomic mass is 32.2. The van der Waals surface area contributed by atoms with Crippen LogP contribution >= 0.6 is 11.8 Å². The minimum atomic E-state index is 0.626. The highest BCUT2D eigenvalue weighted by Gasteiger charge is 2.10. The van der Waals surface area contributed by atoms with Crippen molar-refractivity contribution >= 4 is 11.8 Å². The average Bonchev–Trinajstić information content (AvgIpc) is 2.30. The third kappa shape index (κ3) is 5.04. The van der Waals surface area contributed by atoms with Crippen molar-refractivity contribution in [3.8, 4) is 0 Å². The summed E-state index contributed by atoms with van der Waals surface area (Å²) in [6.07, 6.45) is 1.27. The summed E-state index contributed by atoms with van der Waals surface area (Å²) in [5, 5.41) is 3.48. The number of hydrogen-bond donors (Lipinski definition) is 1. The van der Waals surface area contributed by atoms with E-state index >= 15 is 0 Å². The smallest absolute Gasteiger partial charge is 0.00719 e. The van der Waals surface area contributed by atoms with Crippen molar-refractivity contribution in [2.75, 3.05) is 12.3 Å². The number of rotatable bonds is 7. The molecule has 0 aromatic heterocycles. The van der Waals surface area contributed by atoms with Gasteiger partial charge in [0.2, 0.25) is 0 Å². The number of benzene rings is 1. The van der Waals surface area contributed by atoms with Crippen LogP contribution in [0, 0.1) is 5.92 Å². The van der Waals surface area contributed by atoms with Gasteiger partial charge in [0.25, 0.3) is 0 Å². The van der Waals surface area contributed by atoms with E-state index in [-0.39, 0.29) is 0 Å². The Kier molecular flexibility index (Phi) is 6.58. The van der Waals surface area contributed by atoms with Crippen LogP contribution in [0.1, 0.15) is 27.2 Å². The Morgan fingerprint density at radius 1 is 1.19 bits per heavy atom. The topological polar surface area (TPSA) is 12.0 Å². The fourth-order valence-corrected chi connectivity index (χ4v) is 2.73. The van der Waals surface area contributed by atoms with E-state index in [0.29, 0.717) is 6.04 Å². The Hall–Kier alpha value is -0.470. The molecule has 2 heteroatoms. The lowest BCUT2D eigenvalue weighted by molar-refractivity contribution is 0.401. The standard InChI is InChI=1S/C14H23NS/c1-4-15-13(3)12(2)10-11-16-14-8-6-5-7-9-14/h5-9,12-13,15H,4,10-11H2,1-3H3. The number of nitrogens with one attached hydrogen (secondary N) is 1. The monoisotopic (exact) mass is 237 g/mol. The third-order valence-electron chi connectivity index (χ3n) is 2.96. The number of thioether (sulfide) groups is 1. The minimum Gasteiger partial charge on any atom is -0.314 e. The van der Waals surface area contributed by atoms with E-state index in [1.165, 1.54) is 17.1 Å². The second-order valence-corrected chi connectivity index (χ2v) is 5.44. The summed E-state index contributed by atoms with van der Waals surface area (Å²) in [6, 6.07) is 11.3. The normalized spacial score (nSPS) is 14.7. The quantitative estimate of drug-likeness (QED) is 0.724. The summed E-state index contributed by atoms with van der Waals surface area (Å²) >= 11 is 1.96. The molecule has 2 unspecified atom stereocenters. The Balaban J connectivity index is 2.20. The van der Waals surface area contributed by atoms with E-state index in [0.717, 1.165) is 12.5 Å². The van der Waals surface area contributed by atoms with Gasteiger partial charge in [0, 0.05) is 10.9 Å². The van der Waals surface area contributed by atoms with Gasteiger partial charge in [-0.3, -0.25) is 0 Å². The van der Waals surface area contributed by atoms with Crippen molar-refractivity contribution in [1.29, 1.82) is 0 Å². The maximum absolute atomic E-state index is 3.48. The average molecular weight is 237 g/mol. The zero-order valence-electron chi connectivity index (χ0n) is 10.6. The van der Waals surface area contributed by atoms with Crippen LogP contribution in [-0.4, -0.2) is 18.3 Å². The van der Waals surface area contributed by atoms with Crippen molar-refractivity contribution in [2.24, 2.45) is 5.92 Å². The first-order valence-electron chi connectivity index (χ1n) is 6.15. The molecule has 0 spiro atoms. The van der Waals surface area contributed by atoms with E-state index in [9.17, 15) is 0 Å². The highest BCUT2D eigenvalue weighted by Crippen LogP contribution is 2.20. The molecular formula is C14H23NS. The van der Waals surface area contributed by atoms with Crippen LogP contribution < -0.4 is 5.32 Å². The minimum absolute atomic E-state index is 0.626. The van der Waals surface area contributed by atoms with Crippen LogP contribution in [0.15, 0.2) is 35.2 Å². The van der Waals surface area contributed by atoms with Crippen molar-refractivity contribution in [3.63, 3.8) is 0 Å². The van der Waals surface area contributed by atoms with Crippen molar-refractivity contribution in [3.05, 3.63) is 30.3 Å². The highest BCUT2D eigenvalue weighted by molar-refractivity contribution is 7.99. The predicted molar refractivity (Wildman–Crippen MR) is 74.1 cm³/mol. The lowest BCUT2D eigenvalue weighted by Gasteiger charge is -2.20. The summed E-state index contributed by atoms with van der Waals surface area (Å²) < 4.78 is 0. The van der Waals surface area contributed by atoms with Gasteiger partial charge in [-0.05, 0) is 43.7 Å². The molecule has 0 saturated carbocycles. The van der Waals surface area contributed by atoms with E-state index in [1.54, 1.807) is 0 Å². The first-order chi connectivity index (χ1) is 7.74. The van der Waals surface area contributed by atoms with E-state index < -0.39 is 0 Å². The second kappa shape index (κ2) is 7.75. The van der Waals surface area contributed by atoms with Crippen LogP contribution in [0.5, 0.6) is 0 Å². The van der Waals surface area contributed by atoms with Crippen molar-refractivity contribution in [2.45, 2.75) is 38.1 Å². The first-order valence-corrected chi connectivity index (χ1v) is 7.13. The lowest BCUT2D eigenvalue weighted by atomic mass is 10.0. The zero-order chi connectivity index (χ0) is 11.8. The molecule has 0 radical (unpaired) electrons. The fourth-order valence-electron chi connectivity index (χ4n) is 1.65. The van der Waals surface area contributed by atoms with Gasteiger partial charge in [-0.1, -0.05) is 32.0 Å². The molecule has 1 rings (SSSR count). The second-order valence-electron chi connectivity index (χ2n) is 4.27. The van der Waals surface area contributed by atoms with Crippen LogP contribution in [0.25, 0.3) is 0 Å². The lowest BCUT2D eigenvalue weighted by Crippen LogP contribution is -2.32. The fraction of sp³-hybridized carbons (Fsp3) is 0.571. The van der Waals surface area contributed by atoms with Gasteiger partial charge in [-0.15, -0.1) is 11.8 Å². The van der Waals surface area contributed by atoms with Crippen LogP contribution in [0.4, 0.5) is 0 Å². The number of hydrogen-bond acceptors (Lipinski definition) is 2. The summed E-state index contributed by atoms with van der Waals surface area (Å²) in [7, 11) is 0. The molecule has 1 aromatic rings. The molecule has 0 amide bonds. The van der Waals surface area contributed by atoms with Gasteiger partial charge in [0.1, 0.15) is 0 Å². The van der Waals surface area contributed by atoms with Crippen LogP contribution in [-0.2, 0) is 0 Å². The summed E-state index contributed by atoms with van der Waals surface area (Å²) in [5.41, 5.74) is 0. The molecule has 0 aliphatic carbocycles.